The molecule has 2 N–H and O–H groups in total. The summed E-state index contributed by atoms with van der Waals surface area (Å²) in [5.74, 6) is 1.42. The van der Waals surface area contributed by atoms with E-state index in [0.29, 0.717) is 17.8 Å². The number of halogens is 1. The zero-order chi connectivity index (χ0) is 19.8. The highest BCUT2D eigenvalue weighted by molar-refractivity contribution is 5.77. The normalized spacial score (nSPS) is 31.1. The van der Waals surface area contributed by atoms with Crippen LogP contribution < -0.4 is 10.6 Å². The maximum atomic E-state index is 13.5. The number of fused-ring (bicyclic) bond motifs is 2. The molecular weight excluding hydrogens is 365 g/mol. The Kier molecular flexibility index (Phi) is 4.82. The molecule has 1 aromatic heterocycles. The molecule has 2 heterocycles. The van der Waals surface area contributed by atoms with E-state index in [2.05, 4.69) is 27.8 Å². The molecule has 150 valence electrons. The lowest BCUT2D eigenvalue weighted by Crippen LogP contribution is -2.51. The summed E-state index contributed by atoms with van der Waals surface area (Å²) in [5.41, 5.74) is 2.61. The summed E-state index contributed by atoms with van der Waals surface area (Å²) in [6.45, 7) is 0. The quantitative estimate of drug-likeness (QED) is 0.791. The summed E-state index contributed by atoms with van der Waals surface area (Å²) >= 11 is 0. The highest BCUT2D eigenvalue weighted by Crippen LogP contribution is 2.45. The molecule has 3 aliphatic rings. The smallest absolute Gasteiger partial charge is 0.315 e. The molecular formula is C24H26FN3O. The van der Waals surface area contributed by atoms with Gasteiger partial charge in [-0.15, -0.1) is 0 Å². The fraction of sp³-hybridized carbons (Fsp3) is 0.417. The number of amides is 2. The summed E-state index contributed by atoms with van der Waals surface area (Å²) in [6.07, 6.45) is 12.3. The largest absolute Gasteiger partial charge is 0.333 e. The topological polar surface area (TPSA) is 54.0 Å². The first-order valence-corrected chi connectivity index (χ1v) is 10.6. The first-order chi connectivity index (χ1) is 14.2. The molecule has 5 rings (SSSR count). The second-order valence-corrected chi connectivity index (χ2v) is 8.61. The van der Waals surface area contributed by atoms with Gasteiger partial charge < -0.3 is 10.6 Å². The molecule has 29 heavy (non-hydrogen) atoms. The Balaban J connectivity index is 1.37. The molecule has 1 aliphatic heterocycles. The molecule has 0 spiro atoms. The van der Waals surface area contributed by atoms with Crippen molar-refractivity contribution >= 4 is 12.1 Å². The number of benzene rings is 1. The van der Waals surface area contributed by atoms with Gasteiger partial charge in [-0.2, -0.15) is 0 Å². The number of urea groups is 1. The molecule has 1 saturated heterocycles. The molecule has 5 atom stereocenters. The summed E-state index contributed by atoms with van der Waals surface area (Å²) in [4.78, 5) is 16.5. The van der Waals surface area contributed by atoms with E-state index in [9.17, 15) is 9.18 Å². The number of pyridine rings is 1. The van der Waals surface area contributed by atoms with Crippen molar-refractivity contribution < 1.29 is 9.18 Å². The first-order valence-electron chi connectivity index (χ1n) is 10.6. The van der Waals surface area contributed by atoms with Crippen LogP contribution in [0.15, 0.2) is 48.7 Å². The van der Waals surface area contributed by atoms with E-state index in [1.54, 1.807) is 12.3 Å². The number of hydrogen-bond acceptors (Lipinski definition) is 2. The summed E-state index contributed by atoms with van der Waals surface area (Å²) in [6, 6.07) is 10.9. The zero-order valence-corrected chi connectivity index (χ0v) is 16.4. The lowest BCUT2D eigenvalue weighted by molar-refractivity contribution is 0.0958. The third kappa shape index (κ3) is 3.66. The second-order valence-electron chi connectivity index (χ2n) is 8.61. The lowest BCUT2D eigenvalue weighted by atomic mass is 9.62. The van der Waals surface area contributed by atoms with Crippen LogP contribution in [0.2, 0.25) is 0 Å². The fourth-order valence-corrected chi connectivity index (χ4v) is 5.56. The molecule has 2 aromatic rings. The van der Waals surface area contributed by atoms with Crippen LogP contribution in [0.5, 0.6) is 0 Å². The third-order valence-corrected chi connectivity index (χ3v) is 6.91. The van der Waals surface area contributed by atoms with Gasteiger partial charge in [-0.3, -0.25) is 4.98 Å². The highest BCUT2D eigenvalue weighted by atomic mass is 19.1. The van der Waals surface area contributed by atoms with Crippen LogP contribution in [-0.4, -0.2) is 23.1 Å². The van der Waals surface area contributed by atoms with Crippen LogP contribution in [-0.2, 0) is 0 Å². The zero-order valence-electron chi connectivity index (χ0n) is 16.4. The van der Waals surface area contributed by atoms with Crippen molar-refractivity contribution in [2.45, 2.75) is 44.2 Å². The van der Waals surface area contributed by atoms with Gasteiger partial charge in [-0.25, -0.2) is 9.18 Å². The number of hydrogen-bond donors (Lipinski definition) is 2. The summed E-state index contributed by atoms with van der Waals surface area (Å²) < 4.78 is 13.5. The lowest BCUT2D eigenvalue weighted by Gasteiger charge is -2.45. The Hall–Kier alpha value is -2.69. The molecule has 0 radical (unpaired) electrons. The van der Waals surface area contributed by atoms with Crippen molar-refractivity contribution in [2.75, 3.05) is 0 Å². The maximum absolute atomic E-state index is 13.5. The van der Waals surface area contributed by atoms with Gasteiger partial charge in [0, 0.05) is 17.7 Å². The molecule has 2 saturated carbocycles. The Morgan fingerprint density at radius 1 is 1.07 bits per heavy atom. The van der Waals surface area contributed by atoms with E-state index < -0.39 is 0 Å². The average molecular weight is 391 g/mol. The van der Waals surface area contributed by atoms with E-state index >= 15 is 0 Å². The van der Waals surface area contributed by atoms with Crippen LogP contribution >= 0.6 is 0 Å². The van der Waals surface area contributed by atoms with E-state index in [-0.39, 0.29) is 23.9 Å². The van der Waals surface area contributed by atoms with E-state index in [1.807, 2.05) is 18.2 Å². The Morgan fingerprint density at radius 3 is 2.79 bits per heavy atom. The number of carbonyl (C=O) groups is 1. The molecule has 4 nitrogen and oxygen atoms in total. The Labute approximate surface area is 170 Å². The van der Waals surface area contributed by atoms with Gasteiger partial charge in [0.1, 0.15) is 5.82 Å². The van der Waals surface area contributed by atoms with Crippen LogP contribution in [0.25, 0.3) is 17.2 Å². The minimum atomic E-state index is -0.243. The predicted octanol–water partition coefficient (Wildman–Crippen LogP) is 4.78. The number of nitrogens with zero attached hydrogens (tertiary/aromatic N) is 1. The monoisotopic (exact) mass is 391 g/mol. The van der Waals surface area contributed by atoms with Crippen molar-refractivity contribution in [1.29, 1.82) is 0 Å². The SMILES string of the molecule is O=C1NC2[C@@H](/C=C/c3ccc(-c4cccc(F)c4)cn3)C3CCCC[C@H]3C[C@@H]2N1. The predicted molar refractivity (Wildman–Crippen MR) is 111 cm³/mol. The molecule has 2 amide bonds. The van der Waals surface area contributed by atoms with Gasteiger partial charge >= 0.3 is 6.03 Å². The van der Waals surface area contributed by atoms with Gasteiger partial charge in [0.05, 0.1) is 17.8 Å². The molecule has 5 heteroatoms. The summed E-state index contributed by atoms with van der Waals surface area (Å²) in [7, 11) is 0. The highest BCUT2D eigenvalue weighted by Gasteiger charge is 2.47. The van der Waals surface area contributed by atoms with Crippen LogP contribution in [0.3, 0.4) is 0 Å². The van der Waals surface area contributed by atoms with Gasteiger partial charge in [0.15, 0.2) is 0 Å². The second kappa shape index (κ2) is 7.62. The molecule has 2 aliphatic carbocycles. The number of nitrogens with one attached hydrogen (secondary N) is 2. The van der Waals surface area contributed by atoms with Crippen molar-refractivity contribution in [3.63, 3.8) is 0 Å². The van der Waals surface area contributed by atoms with Gasteiger partial charge in [0.2, 0.25) is 0 Å². The summed E-state index contributed by atoms with van der Waals surface area (Å²) in [5, 5.41) is 6.27. The minimum Gasteiger partial charge on any atom is -0.333 e. The molecule has 3 fully saturated rings. The minimum absolute atomic E-state index is 0.0328. The van der Waals surface area contributed by atoms with Gasteiger partial charge in [-0.1, -0.05) is 43.5 Å². The first kappa shape index (κ1) is 18.3. The van der Waals surface area contributed by atoms with E-state index in [1.165, 1.54) is 37.8 Å². The van der Waals surface area contributed by atoms with Crippen molar-refractivity contribution in [3.8, 4) is 11.1 Å². The Bertz CT molecular complexity index is 926. The van der Waals surface area contributed by atoms with E-state index in [0.717, 1.165) is 23.2 Å². The third-order valence-electron chi connectivity index (χ3n) is 6.91. The van der Waals surface area contributed by atoms with E-state index in [4.69, 9.17) is 0 Å². The molecule has 0 bridgehead atoms. The average Bonchev–Trinajstić information content (AvgIpc) is 3.11. The number of aromatic nitrogens is 1. The van der Waals surface area contributed by atoms with Gasteiger partial charge in [0.25, 0.3) is 0 Å². The van der Waals surface area contributed by atoms with Gasteiger partial charge in [-0.05, 0) is 54.5 Å². The van der Waals surface area contributed by atoms with Crippen LogP contribution in [0.1, 0.15) is 37.8 Å². The van der Waals surface area contributed by atoms with Crippen molar-refractivity contribution in [1.82, 2.24) is 15.6 Å². The fourth-order valence-electron chi connectivity index (χ4n) is 5.56. The van der Waals surface area contributed by atoms with Crippen LogP contribution in [0, 0.1) is 23.6 Å². The number of rotatable bonds is 3. The number of carbonyl (C=O) groups excluding carboxylic acids is 1. The standard InChI is InChI=1S/C24H26FN3O/c25-18-6-3-5-15(12-18)17-8-9-19(26-14-17)10-11-21-20-7-2-1-4-16(20)13-22-23(21)28-24(29)27-22/h3,5-6,8-12,14,16,20-23H,1-2,4,7,13H2,(H2,27,28,29)/b11-10+/t16-,20?,21-,22-,23?/m0/s1. The maximum Gasteiger partial charge on any atom is 0.315 e. The molecule has 2 unspecified atom stereocenters. The van der Waals surface area contributed by atoms with Crippen LogP contribution in [0.4, 0.5) is 9.18 Å². The van der Waals surface area contributed by atoms with Crippen molar-refractivity contribution in [2.24, 2.45) is 17.8 Å². The molecule has 1 aromatic carbocycles. The van der Waals surface area contributed by atoms with Crippen molar-refractivity contribution in [3.05, 3.63) is 60.2 Å². The Morgan fingerprint density at radius 2 is 1.97 bits per heavy atom.